The van der Waals surface area contributed by atoms with Crippen LogP contribution in [0.3, 0.4) is 0 Å². The number of hydrogen-bond donors (Lipinski definition) is 2. The standard InChI is InChI=1S/C8H9F4NO4/c9-6(10)8(11,12)7(17)13-2-3(14)1-4(13)5(15)16/h3-4,6,14H,1-2H2,(H,15,16). The quantitative estimate of drug-likeness (QED) is 0.696. The number of likely N-dealkylation sites (tertiary alicyclic amines) is 1. The average Bonchev–Trinajstić information content (AvgIpc) is 2.58. The smallest absolute Gasteiger partial charge is 0.383 e. The molecule has 0 saturated carbocycles. The van der Waals surface area contributed by atoms with Gasteiger partial charge in [0.05, 0.1) is 6.10 Å². The molecule has 1 rings (SSSR count). The average molecular weight is 259 g/mol. The molecular weight excluding hydrogens is 250 g/mol. The normalized spacial score (nSPS) is 25.4. The van der Waals surface area contributed by atoms with Gasteiger partial charge in [-0.2, -0.15) is 8.78 Å². The van der Waals surface area contributed by atoms with E-state index in [1.807, 2.05) is 0 Å². The van der Waals surface area contributed by atoms with Gasteiger partial charge in [0.15, 0.2) is 0 Å². The van der Waals surface area contributed by atoms with E-state index in [1.165, 1.54) is 0 Å². The third-order valence-electron chi connectivity index (χ3n) is 2.38. The largest absolute Gasteiger partial charge is 0.480 e. The van der Waals surface area contributed by atoms with Crippen LogP contribution < -0.4 is 0 Å². The fraction of sp³-hybridized carbons (Fsp3) is 0.750. The first-order chi connectivity index (χ1) is 7.67. The van der Waals surface area contributed by atoms with Crippen molar-refractivity contribution in [1.29, 1.82) is 0 Å². The number of alkyl halides is 4. The number of β-amino-alcohol motifs (C(OH)–C–C–N with tert-alkyl or cyclic N) is 1. The van der Waals surface area contributed by atoms with Gasteiger partial charge in [0.25, 0.3) is 5.91 Å². The Morgan fingerprint density at radius 1 is 1.35 bits per heavy atom. The van der Waals surface area contributed by atoms with Crippen molar-refractivity contribution >= 4 is 11.9 Å². The SMILES string of the molecule is O=C(O)C1CC(O)CN1C(=O)C(F)(F)C(F)F. The van der Waals surface area contributed by atoms with Gasteiger partial charge in [0.2, 0.25) is 0 Å². The number of carbonyl (C=O) groups excluding carboxylic acids is 1. The fourth-order valence-corrected chi connectivity index (χ4v) is 1.56. The minimum absolute atomic E-state index is 0.0686. The molecule has 1 aliphatic rings. The van der Waals surface area contributed by atoms with Crippen LogP contribution in [0.5, 0.6) is 0 Å². The molecule has 2 N–H and O–H groups in total. The maximum atomic E-state index is 12.7. The van der Waals surface area contributed by atoms with E-state index in [0.29, 0.717) is 0 Å². The van der Waals surface area contributed by atoms with Gasteiger partial charge in [-0.3, -0.25) is 4.79 Å². The molecule has 0 radical (unpaired) electrons. The Kier molecular flexibility index (Phi) is 3.60. The van der Waals surface area contributed by atoms with Gasteiger partial charge in [-0.15, -0.1) is 0 Å². The van der Waals surface area contributed by atoms with Gasteiger partial charge in [-0.25, -0.2) is 13.6 Å². The van der Waals surface area contributed by atoms with E-state index in [1.54, 1.807) is 0 Å². The number of amides is 1. The lowest BCUT2D eigenvalue weighted by Gasteiger charge is -2.25. The maximum Gasteiger partial charge on any atom is 0.383 e. The predicted molar refractivity (Wildman–Crippen MR) is 44.7 cm³/mol. The monoisotopic (exact) mass is 259 g/mol. The molecule has 0 spiro atoms. The van der Waals surface area contributed by atoms with Gasteiger partial charge < -0.3 is 15.1 Å². The first kappa shape index (κ1) is 13.7. The highest BCUT2D eigenvalue weighted by atomic mass is 19.3. The molecule has 17 heavy (non-hydrogen) atoms. The first-order valence-corrected chi connectivity index (χ1v) is 4.55. The summed E-state index contributed by atoms with van der Waals surface area (Å²) in [7, 11) is 0. The Morgan fingerprint density at radius 2 is 1.88 bits per heavy atom. The topological polar surface area (TPSA) is 77.8 Å². The molecule has 0 aliphatic carbocycles. The van der Waals surface area contributed by atoms with Crippen molar-refractivity contribution in [2.45, 2.75) is 30.9 Å². The van der Waals surface area contributed by atoms with Crippen LogP contribution in [0, 0.1) is 0 Å². The number of aliphatic hydroxyl groups is 1. The molecule has 1 heterocycles. The van der Waals surface area contributed by atoms with Gasteiger partial charge >= 0.3 is 18.3 Å². The third-order valence-corrected chi connectivity index (χ3v) is 2.38. The minimum atomic E-state index is -4.95. The molecule has 1 aliphatic heterocycles. The first-order valence-electron chi connectivity index (χ1n) is 4.55. The highest BCUT2D eigenvalue weighted by molar-refractivity contribution is 5.89. The number of aliphatic carboxylic acids is 1. The lowest BCUT2D eigenvalue weighted by Crippen LogP contribution is -2.51. The molecule has 9 heteroatoms. The van der Waals surface area contributed by atoms with E-state index in [2.05, 4.69) is 0 Å². The van der Waals surface area contributed by atoms with Gasteiger partial charge in [0.1, 0.15) is 6.04 Å². The number of hydrogen-bond acceptors (Lipinski definition) is 3. The molecule has 2 unspecified atom stereocenters. The van der Waals surface area contributed by atoms with Crippen LogP contribution in [-0.2, 0) is 9.59 Å². The lowest BCUT2D eigenvalue weighted by molar-refractivity contribution is -0.183. The summed E-state index contributed by atoms with van der Waals surface area (Å²) in [6.07, 6.45) is -5.99. The lowest BCUT2D eigenvalue weighted by atomic mass is 10.2. The Labute approximate surface area is 92.6 Å². The minimum Gasteiger partial charge on any atom is -0.480 e. The third kappa shape index (κ3) is 2.48. The van der Waals surface area contributed by atoms with Gasteiger partial charge in [0, 0.05) is 13.0 Å². The molecule has 1 fully saturated rings. The Hall–Kier alpha value is -1.38. The van der Waals surface area contributed by atoms with Crippen LogP contribution in [0.2, 0.25) is 0 Å². The number of carboxylic acid groups (broad SMARTS) is 1. The fourth-order valence-electron chi connectivity index (χ4n) is 1.56. The van der Waals surface area contributed by atoms with E-state index in [9.17, 15) is 27.2 Å². The summed E-state index contributed by atoms with van der Waals surface area (Å²) in [5.74, 6) is -8.85. The van der Waals surface area contributed by atoms with E-state index in [4.69, 9.17) is 10.2 Å². The molecule has 5 nitrogen and oxygen atoms in total. The van der Waals surface area contributed by atoms with Crippen molar-refractivity contribution < 1.29 is 37.4 Å². The van der Waals surface area contributed by atoms with E-state index in [-0.39, 0.29) is 4.90 Å². The number of carboxylic acids is 1. The molecule has 1 amide bonds. The number of carbonyl (C=O) groups is 2. The van der Waals surface area contributed by atoms with E-state index >= 15 is 0 Å². The number of halogens is 4. The van der Waals surface area contributed by atoms with Crippen molar-refractivity contribution in [2.75, 3.05) is 6.54 Å². The Balaban J connectivity index is 2.92. The Bertz CT molecular complexity index is 335. The molecule has 0 bridgehead atoms. The second kappa shape index (κ2) is 4.47. The van der Waals surface area contributed by atoms with Crippen molar-refractivity contribution in [3.8, 4) is 0 Å². The maximum absolute atomic E-state index is 12.7. The van der Waals surface area contributed by atoms with Crippen LogP contribution in [-0.4, -0.2) is 58.0 Å². The summed E-state index contributed by atoms with van der Waals surface area (Å²) < 4.78 is 49.3. The van der Waals surface area contributed by atoms with Crippen molar-refractivity contribution in [1.82, 2.24) is 4.90 Å². The molecule has 0 aromatic carbocycles. The van der Waals surface area contributed by atoms with Crippen LogP contribution in [0.4, 0.5) is 17.6 Å². The summed E-state index contributed by atoms with van der Waals surface area (Å²) in [4.78, 5) is 21.8. The highest BCUT2D eigenvalue weighted by Crippen LogP contribution is 2.29. The summed E-state index contributed by atoms with van der Waals surface area (Å²) in [6.45, 7) is -0.696. The van der Waals surface area contributed by atoms with Gasteiger partial charge in [-0.05, 0) is 0 Å². The number of aliphatic hydroxyl groups excluding tert-OH is 1. The van der Waals surface area contributed by atoms with E-state index < -0.39 is 49.3 Å². The summed E-state index contributed by atoms with van der Waals surface area (Å²) in [6, 6.07) is -1.71. The number of nitrogens with zero attached hydrogens (tertiary/aromatic N) is 1. The summed E-state index contributed by atoms with van der Waals surface area (Å²) in [5.41, 5.74) is 0. The zero-order valence-corrected chi connectivity index (χ0v) is 8.32. The van der Waals surface area contributed by atoms with E-state index in [0.717, 1.165) is 0 Å². The van der Waals surface area contributed by atoms with Crippen LogP contribution in [0.1, 0.15) is 6.42 Å². The molecule has 98 valence electrons. The molecule has 0 aromatic heterocycles. The van der Waals surface area contributed by atoms with Gasteiger partial charge in [-0.1, -0.05) is 0 Å². The Morgan fingerprint density at radius 3 is 2.29 bits per heavy atom. The summed E-state index contributed by atoms with van der Waals surface area (Å²) in [5, 5.41) is 17.7. The second-order valence-electron chi connectivity index (χ2n) is 3.62. The number of rotatable bonds is 3. The second-order valence-corrected chi connectivity index (χ2v) is 3.62. The molecule has 0 aromatic rings. The molecule has 1 saturated heterocycles. The van der Waals surface area contributed by atoms with Crippen LogP contribution in [0.15, 0.2) is 0 Å². The molecule has 2 atom stereocenters. The van der Waals surface area contributed by atoms with Crippen molar-refractivity contribution in [2.24, 2.45) is 0 Å². The summed E-state index contributed by atoms with van der Waals surface area (Å²) >= 11 is 0. The highest BCUT2D eigenvalue weighted by Gasteiger charge is 2.55. The van der Waals surface area contributed by atoms with Crippen LogP contribution in [0.25, 0.3) is 0 Å². The predicted octanol–water partition coefficient (Wildman–Crippen LogP) is -0.0668. The van der Waals surface area contributed by atoms with Crippen LogP contribution >= 0.6 is 0 Å². The van der Waals surface area contributed by atoms with Crippen molar-refractivity contribution in [3.63, 3.8) is 0 Å². The van der Waals surface area contributed by atoms with Crippen molar-refractivity contribution in [3.05, 3.63) is 0 Å². The molecular formula is C8H9F4NO4. The zero-order chi connectivity index (χ0) is 13.4. The zero-order valence-electron chi connectivity index (χ0n) is 8.32.